The van der Waals surface area contributed by atoms with Crippen molar-refractivity contribution < 1.29 is 14.7 Å². The number of aromatic nitrogens is 3. The molecule has 0 radical (unpaired) electrons. The van der Waals surface area contributed by atoms with E-state index in [0.717, 1.165) is 35.3 Å². The number of benzene rings is 1. The van der Waals surface area contributed by atoms with E-state index in [9.17, 15) is 9.59 Å². The van der Waals surface area contributed by atoms with Gasteiger partial charge in [0, 0.05) is 52.2 Å². The number of hydrogen-bond acceptors (Lipinski definition) is 4. The van der Waals surface area contributed by atoms with Crippen molar-refractivity contribution in [3.05, 3.63) is 57.5 Å². The third-order valence-corrected chi connectivity index (χ3v) is 4.95. The highest BCUT2D eigenvalue weighted by atomic mass is 16.3. The van der Waals surface area contributed by atoms with Crippen LogP contribution >= 0.6 is 0 Å². The lowest BCUT2D eigenvalue weighted by atomic mass is 9.87. The Morgan fingerprint density at radius 1 is 1.19 bits per heavy atom. The van der Waals surface area contributed by atoms with Crippen molar-refractivity contribution in [2.75, 3.05) is 5.32 Å². The molecule has 3 aromatic rings. The van der Waals surface area contributed by atoms with Crippen LogP contribution in [-0.4, -0.2) is 32.7 Å². The van der Waals surface area contributed by atoms with Gasteiger partial charge in [0.25, 0.3) is 6.47 Å². The normalized spacial score (nSPS) is 18.2. The molecule has 1 saturated carbocycles. The zero-order valence-electron chi connectivity index (χ0n) is 14.4. The lowest BCUT2D eigenvalue weighted by Gasteiger charge is -2.23. The quantitative estimate of drug-likeness (QED) is 0.517. The van der Waals surface area contributed by atoms with Crippen LogP contribution < -0.4 is 10.7 Å². The number of aromatic amines is 2. The molecular formula is C19H18N4O4. The molecule has 1 aromatic carbocycles. The van der Waals surface area contributed by atoms with Crippen LogP contribution in [0.3, 0.4) is 0 Å². The number of para-hydroxylation sites is 1. The number of rotatable bonds is 2. The van der Waals surface area contributed by atoms with Crippen LogP contribution in [0.15, 0.2) is 35.1 Å². The fourth-order valence-electron chi connectivity index (χ4n) is 3.64. The highest BCUT2D eigenvalue weighted by Gasteiger charge is 2.37. The van der Waals surface area contributed by atoms with E-state index in [-0.39, 0.29) is 23.7 Å². The Bertz CT molecular complexity index is 1080. The van der Waals surface area contributed by atoms with Crippen LogP contribution in [0.2, 0.25) is 0 Å². The highest BCUT2D eigenvalue weighted by molar-refractivity contribution is 5.94. The Labute approximate surface area is 153 Å². The average Bonchev–Trinajstić information content (AvgIpc) is 3.41. The first-order valence-electron chi connectivity index (χ1n) is 8.70. The number of carboxylic acid groups (broad SMARTS) is 1. The van der Waals surface area contributed by atoms with E-state index in [1.54, 1.807) is 6.07 Å². The van der Waals surface area contributed by atoms with E-state index in [4.69, 9.17) is 9.90 Å². The largest absolute Gasteiger partial charge is 0.483 e. The molecule has 2 aromatic heterocycles. The summed E-state index contributed by atoms with van der Waals surface area (Å²) in [7, 11) is 0. The van der Waals surface area contributed by atoms with Crippen LogP contribution in [0.4, 0.5) is 5.82 Å². The van der Waals surface area contributed by atoms with E-state index >= 15 is 0 Å². The minimum atomic E-state index is -0.250. The fraction of sp³-hybridized carbons (Fsp3) is 0.263. The van der Waals surface area contributed by atoms with Gasteiger partial charge >= 0.3 is 0 Å². The topological polar surface area (TPSA) is 128 Å². The summed E-state index contributed by atoms with van der Waals surface area (Å²) in [4.78, 5) is 36.3. The highest BCUT2D eigenvalue weighted by Crippen LogP contribution is 2.47. The van der Waals surface area contributed by atoms with Crippen LogP contribution in [0, 0.1) is 0 Å². The van der Waals surface area contributed by atoms with Gasteiger partial charge in [-0.05, 0) is 25.0 Å². The number of carbonyl (C=O) groups is 2. The van der Waals surface area contributed by atoms with Gasteiger partial charge in [-0.3, -0.25) is 19.5 Å². The van der Waals surface area contributed by atoms with Crippen molar-refractivity contribution in [1.82, 2.24) is 15.2 Å². The first-order chi connectivity index (χ1) is 13.1. The second-order valence-corrected chi connectivity index (χ2v) is 6.72. The SMILES string of the molecule is O=C1CC(c2cc(=O)c3ccccc3[nH]2)c2c(n[nH]c2C2CC2)N1.O=CO. The van der Waals surface area contributed by atoms with Gasteiger partial charge in [-0.1, -0.05) is 12.1 Å². The Morgan fingerprint density at radius 3 is 2.67 bits per heavy atom. The first kappa shape index (κ1) is 17.0. The summed E-state index contributed by atoms with van der Waals surface area (Å²) in [6, 6.07) is 9.07. The number of fused-ring (bicyclic) bond motifs is 2. The minimum Gasteiger partial charge on any atom is -0.483 e. The molecule has 1 unspecified atom stereocenters. The van der Waals surface area contributed by atoms with Gasteiger partial charge < -0.3 is 15.4 Å². The van der Waals surface area contributed by atoms with Gasteiger partial charge in [0.2, 0.25) is 5.91 Å². The molecule has 0 saturated heterocycles. The summed E-state index contributed by atoms with van der Waals surface area (Å²) >= 11 is 0. The van der Waals surface area contributed by atoms with Crippen molar-refractivity contribution in [3.8, 4) is 0 Å². The van der Waals surface area contributed by atoms with Gasteiger partial charge in [0.15, 0.2) is 11.2 Å². The van der Waals surface area contributed by atoms with Crippen LogP contribution in [-0.2, 0) is 9.59 Å². The number of hydrogen-bond donors (Lipinski definition) is 4. The molecule has 1 amide bonds. The number of nitrogens with one attached hydrogen (secondary N) is 3. The minimum absolute atomic E-state index is 0.0247. The molecule has 27 heavy (non-hydrogen) atoms. The van der Waals surface area contributed by atoms with Gasteiger partial charge in [-0.15, -0.1) is 0 Å². The smallest absolute Gasteiger partial charge is 0.290 e. The predicted molar refractivity (Wildman–Crippen MR) is 98.9 cm³/mol. The number of amides is 1. The van der Waals surface area contributed by atoms with E-state index in [0.29, 0.717) is 23.5 Å². The Morgan fingerprint density at radius 2 is 1.93 bits per heavy atom. The third-order valence-electron chi connectivity index (χ3n) is 4.95. The third kappa shape index (κ3) is 3.10. The molecule has 0 bridgehead atoms. The van der Waals surface area contributed by atoms with Crippen molar-refractivity contribution in [2.45, 2.75) is 31.1 Å². The van der Waals surface area contributed by atoms with E-state index in [2.05, 4.69) is 20.5 Å². The second kappa shape index (κ2) is 6.71. The van der Waals surface area contributed by atoms with E-state index in [1.165, 1.54) is 0 Å². The number of nitrogens with zero attached hydrogens (tertiary/aromatic N) is 1. The number of H-pyrrole nitrogens is 2. The monoisotopic (exact) mass is 366 g/mol. The Hall–Kier alpha value is -3.42. The summed E-state index contributed by atoms with van der Waals surface area (Å²) in [6.07, 6.45) is 2.60. The van der Waals surface area contributed by atoms with Crippen LogP contribution in [0.1, 0.15) is 48.0 Å². The molecule has 8 nitrogen and oxygen atoms in total. The molecule has 3 heterocycles. The maximum atomic E-state index is 12.5. The summed E-state index contributed by atoms with van der Waals surface area (Å²) in [6.45, 7) is -0.250. The lowest BCUT2D eigenvalue weighted by molar-refractivity contribution is -0.123. The van der Waals surface area contributed by atoms with Gasteiger partial charge in [0.1, 0.15) is 0 Å². The molecule has 2 aliphatic rings. The second-order valence-electron chi connectivity index (χ2n) is 6.72. The molecule has 8 heteroatoms. The summed E-state index contributed by atoms with van der Waals surface area (Å²) in [5.41, 5.74) is 3.68. The van der Waals surface area contributed by atoms with Crippen molar-refractivity contribution in [1.29, 1.82) is 0 Å². The molecule has 138 valence electrons. The molecular weight excluding hydrogens is 348 g/mol. The molecule has 1 atom stereocenters. The standard InChI is InChI=1S/C18H16N4O2.CH2O2/c23-14-8-13(19-12-4-2-1-3-10(12)14)11-7-15(24)20-18-16(11)17(21-22-18)9-5-6-9;2-1-3/h1-4,8-9,11H,5-7H2,(H,19,23)(H2,20,21,22,24);1H,(H,2,3). The van der Waals surface area contributed by atoms with E-state index < -0.39 is 0 Å². The first-order valence-corrected chi connectivity index (χ1v) is 8.70. The van der Waals surface area contributed by atoms with Gasteiger partial charge in [0.05, 0.1) is 0 Å². The summed E-state index contributed by atoms with van der Waals surface area (Å²) < 4.78 is 0. The van der Waals surface area contributed by atoms with Crippen molar-refractivity contribution in [2.24, 2.45) is 0 Å². The lowest BCUT2D eigenvalue weighted by Crippen LogP contribution is -2.25. The Balaban J connectivity index is 0.000000565. The maximum absolute atomic E-state index is 12.5. The predicted octanol–water partition coefficient (Wildman–Crippen LogP) is 2.30. The molecule has 0 spiro atoms. The van der Waals surface area contributed by atoms with Crippen molar-refractivity contribution >= 4 is 29.1 Å². The Kier molecular flexibility index (Phi) is 4.23. The van der Waals surface area contributed by atoms with Gasteiger partial charge in [-0.25, -0.2) is 0 Å². The van der Waals surface area contributed by atoms with Crippen molar-refractivity contribution in [3.63, 3.8) is 0 Å². The van der Waals surface area contributed by atoms with Gasteiger partial charge in [-0.2, -0.15) is 5.10 Å². The van der Waals surface area contributed by atoms with E-state index in [1.807, 2.05) is 24.3 Å². The summed E-state index contributed by atoms with van der Waals surface area (Å²) in [5.74, 6) is 0.855. The zero-order valence-corrected chi connectivity index (χ0v) is 14.4. The van der Waals surface area contributed by atoms with Crippen LogP contribution in [0.5, 0.6) is 0 Å². The average molecular weight is 366 g/mol. The number of pyridine rings is 1. The molecule has 5 rings (SSSR count). The summed E-state index contributed by atoms with van der Waals surface area (Å²) in [5, 5.41) is 17.8. The number of carbonyl (C=O) groups excluding carboxylic acids is 1. The molecule has 4 N–H and O–H groups in total. The molecule has 1 fully saturated rings. The molecule has 1 aliphatic carbocycles. The fourth-order valence-corrected chi connectivity index (χ4v) is 3.64. The number of anilines is 1. The van der Waals surface area contributed by atoms with Crippen LogP contribution in [0.25, 0.3) is 10.9 Å². The maximum Gasteiger partial charge on any atom is 0.290 e. The molecule has 1 aliphatic heterocycles. The zero-order chi connectivity index (χ0) is 19.0.